The topological polar surface area (TPSA) is 61.4 Å². The molecule has 3 heterocycles. The summed E-state index contributed by atoms with van der Waals surface area (Å²) in [6, 6.07) is 8.82. The zero-order valence-corrected chi connectivity index (χ0v) is 18.4. The molecule has 5 rings (SSSR count). The number of aromatic amines is 1. The number of aliphatic imine (C=N–C) groups is 1. The van der Waals surface area contributed by atoms with Gasteiger partial charge in [-0.3, -0.25) is 9.89 Å². The normalized spacial score (nSPS) is 18.6. The molecule has 2 aliphatic heterocycles. The van der Waals surface area contributed by atoms with Crippen molar-refractivity contribution in [3.8, 4) is 0 Å². The van der Waals surface area contributed by atoms with Gasteiger partial charge in [0.1, 0.15) is 6.17 Å². The minimum atomic E-state index is -4.62. The maximum absolute atomic E-state index is 13.7. The summed E-state index contributed by atoms with van der Waals surface area (Å²) in [7, 11) is 0. The van der Waals surface area contributed by atoms with Crippen LogP contribution in [0.2, 0.25) is 5.02 Å². The van der Waals surface area contributed by atoms with Crippen molar-refractivity contribution < 1.29 is 22.4 Å². The highest BCUT2D eigenvalue weighted by Gasteiger charge is 2.37. The van der Waals surface area contributed by atoms with Gasteiger partial charge in [-0.15, -0.1) is 0 Å². The number of amidine groups is 1. The van der Waals surface area contributed by atoms with E-state index in [1.165, 1.54) is 12.1 Å². The number of thioether (sulfide) groups is 1. The van der Waals surface area contributed by atoms with Crippen LogP contribution in [0.4, 0.5) is 17.6 Å². The van der Waals surface area contributed by atoms with Crippen LogP contribution in [0, 0.1) is 0 Å². The predicted octanol–water partition coefficient (Wildman–Crippen LogP) is 5.47. The third-order valence-electron chi connectivity index (χ3n) is 5.50. The van der Waals surface area contributed by atoms with Gasteiger partial charge < -0.3 is 4.90 Å². The molecular weight excluding hydrogens is 480 g/mol. The summed E-state index contributed by atoms with van der Waals surface area (Å²) < 4.78 is 54.5. The van der Waals surface area contributed by atoms with E-state index in [0.717, 1.165) is 28.7 Å². The van der Waals surface area contributed by atoms with E-state index < -0.39 is 23.8 Å². The Labute approximate surface area is 194 Å². The molecule has 0 unspecified atom stereocenters. The Hall–Kier alpha value is -2.85. The number of likely N-dealkylation sites (tertiary alicyclic amines) is 1. The fourth-order valence-corrected chi connectivity index (χ4v) is 5.01. The Morgan fingerprint density at radius 2 is 2.00 bits per heavy atom. The first-order chi connectivity index (χ1) is 15.7. The average Bonchev–Trinajstić information content (AvgIpc) is 3.35. The average molecular weight is 495 g/mol. The fourth-order valence-electron chi connectivity index (χ4n) is 3.80. The summed E-state index contributed by atoms with van der Waals surface area (Å²) in [5, 5.41) is 7.87. The maximum atomic E-state index is 13.7. The summed E-state index contributed by atoms with van der Waals surface area (Å²) in [5.41, 5.74) is 0.846. The first-order valence-electron chi connectivity index (χ1n) is 9.91. The smallest absolute Gasteiger partial charge is 0.345 e. The molecule has 33 heavy (non-hydrogen) atoms. The van der Waals surface area contributed by atoms with Crippen LogP contribution in [0.5, 0.6) is 0 Å². The Kier molecular flexibility index (Phi) is 5.44. The number of benzene rings is 2. The first kappa shape index (κ1) is 22.0. The number of fused-ring (bicyclic) bond motifs is 1. The summed E-state index contributed by atoms with van der Waals surface area (Å²) >= 11 is 6.89. The highest BCUT2D eigenvalue weighted by Crippen LogP contribution is 2.41. The van der Waals surface area contributed by atoms with Gasteiger partial charge in [0.15, 0.2) is 5.17 Å². The molecule has 0 bridgehead atoms. The number of halogens is 5. The Morgan fingerprint density at radius 1 is 1.21 bits per heavy atom. The number of aromatic nitrogens is 2. The zero-order valence-electron chi connectivity index (χ0n) is 16.8. The summed E-state index contributed by atoms with van der Waals surface area (Å²) in [5.74, 6) is -0.554. The van der Waals surface area contributed by atoms with E-state index in [0.29, 0.717) is 16.3 Å². The van der Waals surface area contributed by atoms with Gasteiger partial charge >= 0.3 is 6.18 Å². The molecule has 0 atom stereocenters. The van der Waals surface area contributed by atoms with Crippen molar-refractivity contribution >= 4 is 50.9 Å². The minimum Gasteiger partial charge on any atom is -0.345 e. The van der Waals surface area contributed by atoms with E-state index in [1.54, 1.807) is 29.3 Å². The standard InChI is InChI=1S/C22H15ClF4N4OS/c23-14-3-1-12(17(7-14)22(25,26)27)6-16(11-2-4-18-13(5-11)8-28-30-18)19-20(32)29-21(33-19)31-9-15(24)10-31/h1-5,7-8,15H,6,9-10H2,(H,28,30). The molecule has 0 saturated carbocycles. The van der Waals surface area contributed by atoms with Gasteiger partial charge in [0.05, 0.1) is 35.3 Å². The van der Waals surface area contributed by atoms with Gasteiger partial charge in [0.2, 0.25) is 0 Å². The molecule has 2 aliphatic rings. The second-order valence-corrected chi connectivity index (χ2v) is 9.17. The number of carbonyl (C=O) groups excluding carboxylic acids is 1. The summed E-state index contributed by atoms with van der Waals surface area (Å²) in [4.78, 5) is 18.7. The number of hydrogen-bond donors (Lipinski definition) is 1. The van der Waals surface area contributed by atoms with Crippen molar-refractivity contribution in [1.82, 2.24) is 15.1 Å². The molecule has 0 radical (unpaired) electrons. The Morgan fingerprint density at radius 3 is 2.73 bits per heavy atom. The Bertz CT molecular complexity index is 1330. The molecule has 2 aromatic carbocycles. The van der Waals surface area contributed by atoms with Crippen molar-refractivity contribution in [3.63, 3.8) is 0 Å². The van der Waals surface area contributed by atoms with Gasteiger partial charge in [-0.25, -0.2) is 4.39 Å². The number of nitrogens with zero attached hydrogens (tertiary/aromatic N) is 3. The van der Waals surface area contributed by atoms with Gasteiger partial charge in [-0.2, -0.15) is 23.3 Å². The van der Waals surface area contributed by atoms with Crippen LogP contribution >= 0.6 is 23.4 Å². The number of rotatable bonds is 3. The quantitative estimate of drug-likeness (QED) is 0.387. The molecule has 0 aliphatic carbocycles. The molecule has 1 N–H and O–H groups in total. The van der Waals surface area contributed by atoms with Crippen molar-refractivity contribution in [2.75, 3.05) is 13.1 Å². The lowest BCUT2D eigenvalue weighted by Gasteiger charge is -2.35. The Balaban J connectivity index is 1.60. The second kappa shape index (κ2) is 8.18. The van der Waals surface area contributed by atoms with Crippen molar-refractivity contribution in [1.29, 1.82) is 0 Å². The summed E-state index contributed by atoms with van der Waals surface area (Å²) in [6.07, 6.45) is -4.18. The highest BCUT2D eigenvalue weighted by molar-refractivity contribution is 8.18. The largest absolute Gasteiger partial charge is 0.416 e. The maximum Gasteiger partial charge on any atom is 0.416 e. The van der Waals surface area contributed by atoms with Crippen molar-refractivity contribution in [2.24, 2.45) is 4.99 Å². The van der Waals surface area contributed by atoms with E-state index in [-0.39, 0.29) is 35.0 Å². The molecule has 1 amide bonds. The number of hydrogen-bond acceptors (Lipinski definition) is 4. The zero-order chi connectivity index (χ0) is 23.3. The second-order valence-electron chi connectivity index (χ2n) is 7.76. The van der Waals surface area contributed by atoms with Crippen LogP contribution in [0.25, 0.3) is 16.5 Å². The van der Waals surface area contributed by atoms with Crippen LogP contribution in [0.3, 0.4) is 0 Å². The lowest BCUT2D eigenvalue weighted by Crippen LogP contribution is -2.50. The van der Waals surface area contributed by atoms with E-state index in [4.69, 9.17) is 11.6 Å². The van der Waals surface area contributed by atoms with Gasteiger partial charge in [0.25, 0.3) is 5.91 Å². The predicted molar refractivity (Wildman–Crippen MR) is 120 cm³/mol. The van der Waals surface area contributed by atoms with Crippen molar-refractivity contribution in [2.45, 2.75) is 18.8 Å². The SMILES string of the molecule is O=C1N=C(N2CC(F)C2)SC1=C(Cc1ccc(Cl)cc1C(F)(F)F)c1ccc2[nH]ncc2c1. The molecule has 5 nitrogen and oxygen atoms in total. The van der Waals surface area contributed by atoms with E-state index >= 15 is 0 Å². The number of allylic oxidation sites excluding steroid dienone is 1. The molecule has 0 spiro atoms. The van der Waals surface area contributed by atoms with Gasteiger partial charge in [-0.05, 0) is 59.1 Å². The molecule has 1 saturated heterocycles. The first-order valence-corrected chi connectivity index (χ1v) is 11.1. The van der Waals surface area contributed by atoms with Crippen LogP contribution in [0.1, 0.15) is 16.7 Å². The number of carbonyl (C=O) groups is 1. The van der Waals surface area contributed by atoms with E-state index in [9.17, 15) is 22.4 Å². The third-order valence-corrected chi connectivity index (χ3v) is 6.89. The number of alkyl halides is 4. The molecular formula is C22H15ClF4N4OS. The lowest BCUT2D eigenvalue weighted by molar-refractivity contribution is -0.138. The highest BCUT2D eigenvalue weighted by atomic mass is 35.5. The fraction of sp³-hybridized carbons (Fsp3) is 0.227. The van der Waals surface area contributed by atoms with Crippen LogP contribution in [-0.4, -0.2) is 45.4 Å². The van der Waals surface area contributed by atoms with Gasteiger partial charge in [0, 0.05) is 10.4 Å². The third kappa shape index (κ3) is 4.24. The molecule has 3 aromatic rings. The molecule has 170 valence electrons. The van der Waals surface area contributed by atoms with E-state index in [1.807, 2.05) is 0 Å². The summed E-state index contributed by atoms with van der Waals surface area (Å²) in [6.45, 7) is 0.274. The molecule has 11 heteroatoms. The van der Waals surface area contributed by atoms with Crippen LogP contribution in [0.15, 0.2) is 52.5 Å². The molecule has 1 fully saturated rings. The van der Waals surface area contributed by atoms with E-state index in [2.05, 4.69) is 15.2 Å². The monoisotopic (exact) mass is 494 g/mol. The molecule has 1 aromatic heterocycles. The minimum absolute atomic E-state index is 0.0173. The van der Waals surface area contributed by atoms with Crippen LogP contribution < -0.4 is 0 Å². The van der Waals surface area contributed by atoms with Crippen molar-refractivity contribution in [3.05, 3.63) is 69.2 Å². The lowest BCUT2D eigenvalue weighted by atomic mass is 9.93. The van der Waals surface area contributed by atoms with Gasteiger partial charge in [-0.1, -0.05) is 23.7 Å². The number of H-pyrrole nitrogens is 1. The number of amides is 1. The number of nitrogens with one attached hydrogen (secondary N) is 1. The van der Waals surface area contributed by atoms with Crippen LogP contribution in [-0.2, 0) is 17.4 Å².